The maximum Gasteiger partial charge on any atom is 0.252 e. The van der Waals surface area contributed by atoms with Crippen molar-refractivity contribution in [3.8, 4) is 5.69 Å². The average Bonchev–Trinajstić information content (AvgIpc) is 0.991. The average molecular weight is 1280 g/mol. The van der Waals surface area contributed by atoms with E-state index in [1.54, 1.807) is 0 Å². The van der Waals surface area contributed by atoms with Crippen LogP contribution < -0.4 is 67.7 Å². The van der Waals surface area contributed by atoms with E-state index in [1.807, 2.05) is 0 Å². The zero-order chi connectivity index (χ0) is 64.5. The van der Waals surface area contributed by atoms with Gasteiger partial charge in [0.15, 0.2) is 16.1 Å². The third kappa shape index (κ3) is 8.26. The zero-order valence-corrected chi connectivity index (χ0v) is 55.4. The van der Waals surface area contributed by atoms with Gasteiger partial charge < -0.3 is 23.2 Å². The van der Waals surface area contributed by atoms with Crippen molar-refractivity contribution in [2.45, 2.75) is 0 Å². The minimum atomic E-state index is -3.08. The lowest BCUT2D eigenvalue weighted by Gasteiger charge is -2.45. The van der Waals surface area contributed by atoms with Crippen molar-refractivity contribution in [3.63, 3.8) is 0 Å². The van der Waals surface area contributed by atoms with Crippen molar-refractivity contribution in [2.75, 3.05) is 9.80 Å². The number of nitrogens with zero attached hydrogens (tertiary/aromatic N) is 3. The lowest BCUT2D eigenvalue weighted by atomic mass is 9.33. The van der Waals surface area contributed by atoms with Gasteiger partial charge >= 0.3 is 0 Å². The Morgan fingerprint density at radius 1 is 0.224 bits per heavy atom. The molecule has 5 heterocycles. The van der Waals surface area contributed by atoms with Crippen LogP contribution in [-0.2, 0) is 0 Å². The fourth-order valence-corrected chi connectivity index (χ4v) is 26.8. The Bertz CT molecular complexity index is 5590. The molecule has 458 valence electrons. The summed E-state index contributed by atoms with van der Waals surface area (Å²) in [5, 5.41) is 17.1. The topological polar surface area (TPSA) is 37.7 Å². The van der Waals surface area contributed by atoms with Gasteiger partial charge in [0.2, 0.25) is 0 Å². The van der Waals surface area contributed by atoms with Gasteiger partial charge in [-0.25, -0.2) is 0 Å². The molecule has 15 aromatic carbocycles. The molecule has 0 spiro atoms. The van der Waals surface area contributed by atoms with Crippen LogP contribution >= 0.6 is 0 Å². The minimum absolute atomic E-state index is 0.302. The van der Waals surface area contributed by atoms with E-state index in [0.717, 1.165) is 106 Å². The van der Waals surface area contributed by atoms with E-state index in [1.165, 1.54) is 57.7 Å². The van der Waals surface area contributed by atoms with Crippen LogP contribution in [0.15, 0.2) is 373 Å². The monoisotopic (exact) mass is 1280 g/mol. The van der Waals surface area contributed by atoms with Crippen LogP contribution in [-0.4, -0.2) is 27.4 Å². The number of benzene rings is 15. The molecule has 0 radical (unpaired) electrons. The number of para-hydroxylation sites is 4. The number of anilines is 6. The quantitative estimate of drug-likeness (QED) is 0.0955. The second-order valence-corrected chi connectivity index (χ2v) is 33.8. The number of hydrogen-bond donors (Lipinski definition) is 0. The Kier molecular flexibility index (Phi) is 12.7. The summed E-state index contributed by atoms with van der Waals surface area (Å²) in [6, 6.07) is 137. The van der Waals surface area contributed by atoms with Gasteiger partial charge in [-0.3, -0.25) is 0 Å². The second-order valence-electron chi connectivity index (χ2n) is 26.2. The number of aromatic nitrogens is 1. The molecule has 3 aromatic heterocycles. The normalized spacial score (nSPS) is 12.8. The third-order valence-electron chi connectivity index (χ3n) is 21.2. The molecule has 2 aliphatic heterocycles. The summed E-state index contributed by atoms with van der Waals surface area (Å²) < 4.78 is 16.6. The molecular weight excluding hydrogens is 1220 g/mol. The highest BCUT2D eigenvalue weighted by atomic mass is 28.3. The van der Waals surface area contributed by atoms with Gasteiger partial charge in [-0.1, -0.05) is 279 Å². The van der Waals surface area contributed by atoms with Crippen molar-refractivity contribution in [1.82, 2.24) is 4.57 Å². The van der Waals surface area contributed by atoms with Gasteiger partial charge in [0.25, 0.3) is 6.71 Å². The molecule has 8 heteroatoms. The van der Waals surface area contributed by atoms with Crippen molar-refractivity contribution in [1.29, 1.82) is 0 Å². The van der Waals surface area contributed by atoms with Crippen molar-refractivity contribution < 1.29 is 8.83 Å². The molecule has 5 nitrogen and oxygen atoms in total. The van der Waals surface area contributed by atoms with Crippen LogP contribution in [0.3, 0.4) is 0 Å². The lowest BCUT2D eigenvalue weighted by molar-refractivity contribution is 0.669. The van der Waals surface area contributed by atoms with Gasteiger partial charge in [-0.05, 0) is 143 Å². The van der Waals surface area contributed by atoms with Crippen LogP contribution in [0.5, 0.6) is 0 Å². The van der Waals surface area contributed by atoms with E-state index < -0.39 is 16.1 Å². The molecule has 18 aromatic rings. The summed E-state index contributed by atoms with van der Waals surface area (Å²) in [6.45, 7) is -0.302. The molecule has 20 rings (SSSR count). The first-order chi connectivity index (χ1) is 48.6. The number of hydrogen-bond acceptors (Lipinski definition) is 4. The first-order valence-electron chi connectivity index (χ1n) is 33.8. The second kappa shape index (κ2) is 22.2. The van der Waals surface area contributed by atoms with E-state index in [4.69, 9.17) is 8.83 Å². The summed E-state index contributed by atoms with van der Waals surface area (Å²) in [7, 11) is -6.16. The van der Waals surface area contributed by atoms with Crippen LogP contribution in [0.4, 0.5) is 34.1 Å². The van der Waals surface area contributed by atoms with Crippen LogP contribution in [0.1, 0.15) is 0 Å². The van der Waals surface area contributed by atoms with Gasteiger partial charge in [0.05, 0.1) is 16.7 Å². The Labute approximate surface area is 569 Å². The predicted molar refractivity (Wildman–Crippen MR) is 417 cm³/mol. The number of fused-ring (bicyclic) bond motifs is 13. The van der Waals surface area contributed by atoms with Crippen molar-refractivity contribution >= 4 is 181 Å². The maximum absolute atomic E-state index is 7.05. The first kappa shape index (κ1) is 56.2. The molecular formula is C90H60BN3O2Si2. The zero-order valence-electron chi connectivity index (χ0n) is 53.4. The molecule has 0 atom stereocenters. The molecule has 0 saturated heterocycles. The summed E-state index contributed by atoms with van der Waals surface area (Å²) >= 11 is 0. The predicted octanol–water partition coefficient (Wildman–Crippen LogP) is 15.4. The van der Waals surface area contributed by atoms with Crippen LogP contribution in [0.25, 0.3) is 71.4 Å². The van der Waals surface area contributed by atoms with E-state index in [9.17, 15) is 0 Å². The summed E-state index contributed by atoms with van der Waals surface area (Å²) in [6.07, 6.45) is 0. The molecule has 0 N–H and O–H groups in total. The highest BCUT2D eigenvalue weighted by molar-refractivity contribution is 7.20. The van der Waals surface area contributed by atoms with Gasteiger partial charge in [-0.2, -0.15) is 0 Å². The lowest BCUT2D eigenvalue weighted by Crippen LogP contribution is -2.74. The SMILES string of the molecule is c1ccc([Si](c2ccccc2)(c2ccccc2)c2cccc(N3c4cc5c(cc4B4c6cc7oc8ccccc8c7cc6N(c6cccc([Si](c7ccccc7)(c7ccccc7)c7ccccc7)c6)c6cc(-n7c8ccccc8c8ccccc87)cc3c64)oc3ccccc35)c2)cc1. The minimum Gasteiger partial charge on any atom is -0.456 e. The molecule has 0 fully saturated rings. The van der Waals surface area contributed by atoms with E-state index in [2.05, 4.69) is 378 Å². The molecule has 0 saturated carbocycles. The summed E-state index contributed by atoms with van der Waals surface area (Å²) in [5.74, 6) is 0. The summed E-state index contributed by atoms with van der Waals surface area (Å²) in [5.41, 5.74) is 16.7. The van der Waals surface area contributed by atoms with E-state index in [0.29, 0.717) is 0 Å². The Hall–Kier alpha value is -12.2. The largest absolute Gasteiger partial charge is 0.456 e. The molecule has 0 bridgehead atoms. The Morgan fingerprint density at radius 2 is 0.541 bits per heavy atom. The van der Waals surface area contributed by atoms with Crippen molar-refractivity contribution in [3.05, 3.63) is 364 Å². The third-order valence-corrected chi connectivity index (χ3v) is 30.8. The highest BCUT2D eigenvalue weighted by Gasteiger charge is 2.48. The standard InChI is InChI=1S/C90H60BN3O2Si2/c1-7-31-64(32-8-1)97(65-33-9-2-10-34-65,66-35-11-3-12-36-66)70-43-27-29-61(53-70)92-82-57-76-74-47-21-25-51-86(74)95-88(76)59-78(82)91-79-60-89-77(75-48-22-26-52-87(75)96-89)58-83(79)93(85-56-63(55-84(92)90(85)91)94-80-49-23-19-45-72(80)73-46-20-24-50-81(73)94)62-30-28-44-71(54-62)98(67-37-13-4-14-38-67,68-39-15-5-16-40-68)69-41-17-6-18-42-69/h1-60H. The van der Waals surface area contributed by atoms with Crippen LogP contribution in [0.2, 0.25) is 0 Å². The fraction of sp³-hybridized carbons (Fsp3) is 0. The van der Waals surface area contributed by atoms with Crippen molar-refractivity contribution in [2.24, 2.45) is 0 Å². The highest BCUT2D eigenvalue weighted by Crippen LogP contribution is 2.49. The van der Waals surface area contributed by atoms with Gasteiger partial charge in [-0.15, -0.1) is 0 Å². The Morgan fingerprint density at radius 3 is 0.908 bits per heavy atom. The van der Waals surface area contributed by atoms with Gasteiger partial charge in [0.1, 0.15) is 22.3 Å². The van der Waals surface area contributed by atoms with E-state index in [-0.39, 0.29) is 6.71 Å². The number of rotatable bonds is 11. The number of furan rings is 2. The molecule has 0 amide bonds. The smallest absolute Gasteiger partial charge is 0.252 e. The fourth-order valence-electron chi connectivity index (χ4n) is 17.2. The summed E-state index contributed by atoms with van der Waals surface area (Å²) in [4.78, 5) is 5.23. The molecule has 0 aliphatic carbocycles. The van der Waals surface area contributed by atoms with Gasteiger partial charge in [0, 0.05) is 66.4 Å². The Balaban J connectivity index is 0.941. The molecule has 0 unspecified atom stereocenters. The molecule has 98 heavy (non-hydrogen) atoms. The van der Waals surface area contributed by atoms with Crippen LogP contribution in [0, 0.1) is 0 Å². The maximum atomic E-state index is 7.05. The molecule has 2 aliphatic rings. The first-order valence-corrected chi connectivity index (χ1v) is 37.8. The van der Waals surface area contributed by atoms with E-state index >= 15 is 0 Å².